The summed E-state index contributed by atoms with van der Waals surface area (Å²) in [6.07, 6.45) is 3.64. The number of hydrogen-bond donors (Lipinski definition) is 1. The smallest absolute Gasteiger partial charge is 0.0485 e. The molecule has 2 aromatic rings. The van der Waals surface area contributed by atoms with Crippen LogP contribution in [0.1, 0.15) is 24.1 Å². The van der Waals surface area contributed by atoms with Crippen LogP contribution < -0.4 is 5.73 Å². The van der Waals surface area contributed by atoms with E-state index in [1.165, 1.54) is 5.56 Å². The third-order valence-electron chi connectivity index (χ3n) is 3.53. The number of nitrogens with two attached hydrogens (primary N) is 1. The van der Waals surface area contributed by atoms with Crippen LogP contribution in [0.2, 0.25) is 5.02 Å². The van der Waals surface area contributed by atoms with E-state index in [9.17, 15) is 0 Å². The zero-order chi connectivity index (χ0) is 15.2. The maximum absolute atomic E-state index is 6.03. The van der Waals surface area contributed by atoms with E-state index >= 15 is 0 Å². The number of hydrogen-bond acceptors (Lipinski definition) is 3. The highest BCUT2D eigenvalue weighted by Gasteiger charge is 2.20. The molecule has 21 heavy (non-hydrogen) atoms. The highest BCUT2D eigenvalue weighted by Crippen LogP contribution is 2.30. The van der Waals surface area contributed by atoms with Crippen molar-refractivity contribution in [2.24, 2.45) is 5.73 Å². The molecule has 5 heteroatoms. The van der Waals surface area contributed by atoms with Gasteiger partial charge in [0.1, 0.15) is 0 Å². The van der Waals surface area contributed by atoms with Gasteiger partial charge in [-0.1, -0.05) is 40.5 Å². The molecule has 3 nitrogen and oxygen atoms in total. The van der Waals surface area contributed by atoms with Crippen LogP contribution in [-0.4, -0.2) is 23.0 Å². The largest absolute Gasteiger partial charge is 0.329 e. The summed E-state index contributed by atoms with van der Waals surface area (Å²) < 4.78 is 0.999. The van der Waals surface area contributed by atoms with Crippen LogP contribution in [0.15, 0.2) is 47.2 Å². The van der Waals surface area contributed by atoms with E-state index in [4.69, 9.17) is 17.3 Å². The van der Waals surface area contributed by atoms with Gasteiger partial charge in [-0.3, -0.25) is 9.88 Å². The molecular formula is C16H19BrClN3. The Hall–Kier alpha value is -0.940. The fourth-order valence-corrected chi connectivity index (χ4v) is 3.36. The van der Waals surface area contributed by atoms with Crippen LogP contribution in [0.4, 0.5) is 0 Å². The average molecular weight is 369 g/mol. The highest BCUT2D eigenvalue weighted by molar-refractivity contribution is 9.10. The topological polar surface area (TPSA) is 42.2 Å². The predicted molar refractivity (Wildman–Crippen MR) is 91.3 cm³/mol. The van der Waals surface area contributed by atoms with E-state index in [-0.39, 0.29) is 6.04 Å². The number of rotatable bonds is 6. The second kappa shape index (κ2) is 7.90. The minimum atomic E-state index is 0.148. The first-order valence-corrected chi connectivity index (χ1v) is 8.10. The Morgan fingerprint density at radius 1 is 1.29 bits per heavy atom. The Balaban J connectivity index is 2.25. The Kier molecular flexibility index (Phi) is 6.18. The zero-order valence-electron chi connectivity index (χ0n) is 12.0. The van der Waals surface area contributed by atoms with Gasteiger partial charge in [0.05, 0.1) is 0 Å². The summed E-state index contributed by atoms with van der Waals surface area (Å²) in [4.78, 5) is 6.41. The summed E-state index contributed by atoms with van der Waals surface area (Å²) in [6.45, 7) is 4.46. The Labute approximate surface area is 139 Å². The van der Waals surface area contributed by atoms with Crippen LogP contribution in [0.25, 0.3) is 0 Å². The second-order valence-corrected chi connectivity index (χ2v) is 6.13. The first-order valence-electron chi connectivity index (χ1n) is 6.93. The minimum absolute atomic E-state index is 0.148. The maximum atomic E-state index is 6.03. The monoisotopic (exact) mass is 367 g/mol. The van der Waals surface area contributed by atoms with Gasteiger partial charge in [-0.15, -0.1) is 0 Å². The molecule has 0 fully saturated rings. The lowest BCUT2D eigenvalue weighted by Crippen LogP contribution is -2.33. The number of nitrogens with zero attached hydrogens (tertiary/aromatic N) is 2. The van der Waals surface area contributed by atoms with Crippen molar-refractivity contribution >= 4 is 27.5 Å². The van der Waals surface area contributed by atoms with Gasteiger partial charge in [0.15, 0.2) is 0 Å². The van der Waals surface area contributed by atoms with Gasteiger partial charge in [0.25, 0.3) is 0 Å². The molecule has 1 heterocycles. The number of aromatic nitrogens is 1. The number of halogens is 2. The lowest BCUT2D eigenvalue weighted by atomic mass is 10.0. The summed E-state index contributed by atoms with van der Waals surface area (Å²) in [5, 5.41) is 0.721. The van der Waals surface area contributed by atoms with E-state index in [0.29, 0.717) is 6.54 Å². The molecule has 0 aliphatic heterocycles. The maximum Gasteiger partial charge on any atom is 0.0485 e. The molecule has 0 spiro atoms. The van der Waals surface area contributed by atoms with Crippen molar-refractivity contribution in [2.45, 2.75) is 19.5 Å². The summed E-state index contributed by atoms with van der Waals surface area (Å²) in [5.74, 6) is 0. The third-order valence-corrected chi connectivity index (χ3v) is 4.45. The van der Waals surface area contributed by atoms with Crippen molar-refractivity contribution in [2.75, 3.05) is 13.1 Å². The molecular weight excluding hydrogens is 350 g/mol. The van der Waals surface area contributed by atoms with Gasteiger partial charge < -0.3 is 5.73 Å². The van der Waals surface area contributed by atoms with Gasteiger partial charge in [0.2, 0.25) is 0 Å². The molecule has 1 atom stereocenters. The molecule has 2 rings (SSSR count). The first kappa shape index (κ1) is 16.4. The zero-order valence-corrected chi connectivity index (χ0v) is 14.3. The third kappa shape index (κ3) is 4.27. The SMILES string of the molecule is CCN(Cc1ccncc1)C(CN)c1ccc(Cl)cc1Br. The molecule has 0 saturated carbocycles. The molecule has 2 N–H and O–H groups in total. The molecule has 0 saturated heterocycles. The van der Waals surface area contributed by atoms with Gasteiger partial charge in [-0.2, -0.15) is 0 Å². The van der Waals surface area contributed by atoms with Gasteiger partial charge >= 0.3 is 0 Å². The van der Waals surface area contributed by atoms with Gasteiger partial charge in [0, 0.05) is 41.0 Å². The summed E-state index contributed by atoms with van der Waals surface area (Å²) in [6, 6.07) is 10.1. The van der Waals surface area contributed by atoms with E-state index in [0.717, 1.165) is 28.1 Å². The normalized spacial score (nSPS) is 12.6. The highest BCUT2D eigenvalue weighted by atomic mass is 79.9. The predicted octanol–water partition coefficient (Wildman–Crippen LogP) is 4.02. The second-order valence-electron chi connectivity index (χ2n) is 4.84. The fraction of sp³-hybridized carbons (Fsp3) is 0.312. The van der Waals surface area contributed by atoms with Gasteiger partial charge in [-0.25, -0.2) is 0 Å². The van der Waals surface area contributed by atoms with E-state index in [1.807, 2.05) is 42.7 Å². The number of benzene rings is 1. The summed E-state index contributed by atoms with van der Waals surface area (Å²) in [5.41, 5.74) is 8.43. The standard InChI is InChI=1S/C16H19BrClN3/c1-2-21(11-12-5-7-20-8-6-12)16(10-19)14-4-3-13(18)9-15(14)17/h3-9,16H,2,10-11,19H2,1H3. The van der Waals surface area contributed by atoms with Crippen molar-refractivity contribution in [3.05, 3.63) is 63.3 Å². The average Bonchev–Trinajstić information content (AvgIpc) is 2.49. The van der Waals surface area contributed by atoms with Crippen molar-refractivity contribution < 1.29 is 0 Å². The fourth-order valence-electron chi connectivity index (χ4n) is 2.41. The van der Waals surface area contributed by atoms with Crippen LogP contribution in [0, 0.1) is 0 Å². The molecule has 0 aliphatic rings. The Bertz CT molecular complexity index is 577. The first-order chi connectivity index (χ1) is 10.2. The number of likely N-dealkylation sites (N-methyl/N-ethyl adjacent to an activating group) is 1. The summed E-state index contributed by atoms with van der Waals surface area (Å²) in [7, 11) is 0. The minimum Gasteiger partial charge on any atom is -0.329 e. The van der Waals surface area contributed by atoms with Crippen molar-refractivity contribution in [1.29, 1.82) is 0 Å². The van der Waals surface area contributed by atoms with Crippen molar-refractivity contribution in [3.8, 4) is 0 Å². The van der Waals surface area contributed by atoms with E-state index in [2.05, 4.69) is 32.7 Å². The lowest BCUT2D eigenvalue weighted by Gasteiger charge is -2.31. The summed E-state index contributed by atoms with van der Waals surface area (Å²) >= 11 is 9.62. The molecule has 1 unspecified atom stereocenters. The van der Waals surface area contributed by atoms with E-state index < -0.39 is 0 Å². The quantitative estimate of drug-likeness (QED) is 0.837. The van der Waals surface area contributed by atoms with Crippen LogP contribution in [0.5, 0.6) is 0 Å². The van der Waals surface area contributed by atoms with Crippen LogP contribution in [-0.2, 0) is 6.54 Å². The van der Waals surface area contributed by atoms with Crippen molar-refractivity contribution in [1.82, 2.24) is 9.88 Å². The Morgan fingerprint density at radius 2 is 2.00 bits per heavy atom. The molecule has 0 radical (unpaired) electrons. The van der Waals surface area contributed by atoms with E-state index in [1.54, 1.807) is 0 Å². The lowest BCUT2D eigenvalue weighted by molar-refractivity contribution is 0.203. The molecule has 1 aromatic carbocycles. The molecule has 0 bridgehead atoms. The molecule has 0 amide bonds. The van der Waals surface area contributed by atoms with Crippen LogP contribution >= 0.6 is 27.5 Å². The number of pyridine rings is 1. The molecule has 1 aromatic heterocycles. The molecule has 112 valence electrons. The van der Waals surface area contributed by atoms with Crippen molar-refractivity contribution in [3.63, 3.8) is 0 Å². The van der Waals surface area contributed by atoms with Crippen LogP contribution in [0.3, 0.4) is 0 Å². The van der Waals surface area contributed by atoms with Gasteiger partial charge in [-0.05, 0) is 41.9 Å². The molecule has 0 aliphatic carbocycles. The Morgan fingerprint density at radius 3 is 2.57 bits per heavy atom.